The van der Waals surface area contributed by atoms with Gasteiger partial charge in [-0.3, -0.25) is 0 Å². The molecule has 0 aromatic heterocycles. The van der Waals surface area contributed by atoms with E-state index >= 15 is 0 Å². The van der Waals surface area contributed by atoms with Gasteiger partial charge in [0.25, 0.3) is 0 Å². The monoisotopic (exact) mass is 386 g/mol. The first-order chi connectivity index (χ1) is 5.59. The molecule has 2 radical (unpaired) electrons. The van der Waals surface area contributed by atoms with Crippen molar-refractivity contribution in [2.45, 2.75) is 51.6 Å². The van der Waals surface area contributed by atoms with Crippen molar-refractivity contribution in [2.24, 2.45) is 0 Å². The summed E-state index contributed by atoms with van der Waals surface area (Å²) in [6, 6.07) is 0. The Bertz CT molecular complexity index is 129. The average Bonchev–Trinajstić information content (AvgIpc) is 2.05. The Labute approximate surface area is 93.2 Å². The molecule has 1 fully saturated rings. The molecule has 0 nitrogen and oxygen atoms in total. The van der Waals surface area contributed by atoms with E-state index < -0.39 is 0 Å². The maximum atomic E-state index is 2.56. The van der Waals surface area contributed by atoms with Gasteiger partial charge in [-0.25, -0.2) is 0 Å². The minimum absolute atomic E-state index is 0.0131. The third kappa shape index (κ3) is 2.24. The quantitative estimate of drug-likeness (QED) is 0.639. The molecule has 0 unspecified atom stereocenters. The summed E-state index contributed by atoms with van der Waals surface area (Å²) in [5, 5.41) is 0. The summed E-state index contributed by atoms with van der Waals surface area (Å²) in [5.74, 6) is 0. The summed E-state index contributed by atoms with van der Waals surface area (Å²) in [6.07, 6.45) is 3.33. The molecule has 0 saturated carbocycles. The molecule has 3 heteroatoms. The van der Waals surface area contributed by atoms with Gasteiger partial charge in [-0.1, -0.05) is 0 Å². The fourth-order valence-electron chi connectivity index (χ4n) is 2.66. The van der Waals surface area contributed by atoms with Crippen LogP contribution in [0.3, 0.4) is 0 Å². The molecule has 1 saturated heterocycles. The fourth-order valence-corrected chi connectivity index (χ4v) is 22.9. The van der Waals surface area contributed by atoms with Crippen LogP contribution in [0.15, 0.2) is 0 Å². The van der Waals surface area contributed by atoms with E-state index in [0.29, 0.717) is 0 Å². The molecule has 1 aliphatic rings. The number of rotatable bonds is 2. The standard InChI is InChI=1S/C9H20Si2.Hg/c1-7-9(8-2,10(3)4)11(5)6;/h1-2,7-8H2,3-6H3;. The second-order valence-corrected chi connectivity index (χ2v) is 19.3. The normalized spacial score (nSPS) is 22.2. The first-order valence-electron chi connectivity index (χ1n) is 5.21. The van der Waals surface area contributed by atoms with Gasteiger partial charge in [0.15, 0.2) is 0 Å². The Kier molecular flexibility index (Phi) is 4.52. The van der Waals surface area contributed by atoms with E-state index in [1.165, 1.54) is 0 Å². The number of hydrogen-bond acceptors (Lipinski definition) is 0. The molecular formula is C9H20HgSi2. The van der Waals surface area contributed by atoms with E-state index in [2.05, 4.69) is 26.2 Å². The third-order valence-electron chi connectivity index (χ3n) is 3.62. The van der Waals surface area contributed by atoms with Crippen LogP contribution in [-0.4, -0.2) is 17.6 Å². The molecular weight excluding hydrogens is 365 g/mol. The molecule has 0 aromatic rings. The Morgan fingerprint density at radius 2 is 1.33 bits per heavy atom. The molecule has 0 aromatic carbocycles. The third-order valence-corrected chi connectivity index (χ3v) is 18.1. The van der Waals surface area contributed by atoms with Gasteiger partial charge < -0.3 is 0 Å². The van der Waals surface area contributed by atoms with Crippen LogP contribution in [0, 0.1) is 0 Å². The molecule has 0 atom stereocenters. The molecule has 0 spiro atoms. The molecule has 1 aliphatic heterocycles. The molecule has 1 rings (SSSR count). The van der Waals surface area contributed by atoms with Crippen LogP contribution in [0.2, 0.25) is 38.7 Å². The summed E-state index contributed by atoms with van der Waals surface area (Å²) >= 11 is -0.250. The first kappa shape index (κ1) is 11.4. The SMILES string of the molecule is C[Si](C)C1([Si](C)C)C[CH2][Hg][CH2]C1. The van der Waals surface area contributed by atoms with Gasteiger partial charge >= 0.3 is 93.7 Å². The van der Waals surface area contributed by atoms with E-state index in [4.69, 9.17) is 0 Å². The van der Waals surface area contributed by atoms with Crippen molar-refractivity contribution in [3.05, 3.63) is 0 Å². The molecule has 12 heavy (non-hydrogen) atoms. The van der Waals surface area contributed by atoms with Crippen LogP contribution in [0.5, 0.6) is 0 Å². The molecule has 0 bridgehead atoms. The van der Waals surface area contributed by atoms with Crippen molar-refractivity contribution in [1.82, 2.24) is 0 Å². The number of hydrogen-bond donors (Lipinski definition) is 0. The molecule has 0 aliphatic carbocycles. The van der Waals surface area contributed by atoms with Crippen molar-refractivity contribution in [1.29, 1.82) is 0 Å². The maximum absolute atomic E-state index is 2.56. The van der Waals surface area contributed by atoms with E-state index in [9.17, 15) is 0 Å². The first-order valence-corrected chi connectivity index (χ1v) is 18.0. The molecule has 0 N–H and O–H groups in total. The van der Waals surface area contributed by atoms with E-state index in [1.54, 1.807) is 20.7 Å². The van der Waals surface area contributed by atoms with Gasteiger partial charge in [-0.2, -0.15) is 0 Å². The van der Waals surface area contributed by atoms with Crippen LogP contribution in [-0.2, 0) is 24.6 Å². The summed E-state index contributed by atoms with van der Waals surface area (Å²) < 4.78 is 4.42. The van der Waals surface area contributed by atoms with Crippen LogP contribution >= 0.6 is 0 Å². The topological polar surface area (TPSA) is 0 Å². The van der Waals surface area contributed by atoms with Crippen LogP contribution in [0.1, 0.15) is 12.8 Å². The van der Waals surface area contributed by atoms with Crippen molar-refractivity contribution in [3.8, 4) is 0 Å². The predicted molar refractivity (Wildman–Crippen MR) is 56.5 cm³/mol. The summed E-state index contributed by atoms with van der Waals surface area (Å²) in [5.41, 5.74) is 0. The van der Waals surface area contributed by atoms with Gasteiger partial charge in [0.2, 0.25) is 0 Å². The van der Waals surface area contributed by atoms with Crippen LogP contribution < -0.4 is 0 Å². The zero-order valence-electron chi connectivity index (χ0n) is 9.04. The zero-order chi connectivity index (χ0) is 9.19. The Morgan fingerprint density at radius 1 is 0.917 bits per heavy atom. The Hall–Kier alpha value is 1.37. The summed E-state index contributed by atoms with van der Waals surface area (Å²) in [6.45, 7) is 10.2. The Morgan fingerprint density at radius 3 is 1.58 bits per heavy atom. The average molecular weight is 385 g/mol. The van der Waals surface area contributed by atoms with E-state index in [-0.39, 0.29) is 42.2 Å². The zero-order valence-corrected chi connectivity index (χ0v) is 16.5. The van der Waals surface area contributed by atoms with Gasteiger partial charge in [0, 0.05) is 0 Å². The molecule has 66 valence electrons. The molecule has 1 heterocycles. The van der Waals surface area contributed by atoms with Crippen LogP contribution in [0.25, 0.3) is 0 Å². The van der Waals surface area contributed by atoms with Crippen molar-refractivity contribution >= 4 is 17.6 Å². The Balaban J connectivity index is 2.70. The van der Waals surface area contributed by atoms with Crippen LogP contribution in [0.4, 0.5) is 0 Å². The van der Waals surface area contributed by atoms with Gasteiger partial charge in [0.1, 0.15) is 0 Å². The summed E-state index contributed by atoms with van der Waals surface area (Å²) in [4.78, 5) is 0. The van der Waals surface area contributed by atoms with Crippen molar-refractivity contribution in [3.63, 3.8) is 0 Å². The second-order valence-electron chi connectivity index (χ2n) is 4.64. The second kappa shape index (κ2) is 4.74. The van der Waals surface area contributed by atoms with Gasteiger partial charge in [-0.15, -0.1) is 0 Å². The van der Waals surface area contributed by atoms with E-state index in [0.717, 1.165) is 4.66 Å². The fraction of sp³-hybridized carbons (Fsp3) is 1.00. The van der Waals surface area contributed by atoms with Crippen molar-refractivity contribution < 1.29 is 24.6 Å². The minimum atomic E-state index is -0.250. The molecule has 0 amide bonds. The predicted octanol–water partition coefficient (Wildman–Crippen LogP) is 3.49. The van der Waals surface area contributed by atoms with Gasteiger partial charge in [0.05, 0.1) is 0 Å². The van der Waals surface area contributed by atoms with E-state index in [1.807, 2.05) is 0 Å². The van der Waals surface area contributed by atoms with Crippen molar-refractivity contribution in [2.75, 3.05) is 0 Å². The summed E-state index contributed by atoms with van der Waals surface area (Å²) in [7, 11) is -0.0263. The van der Waals surface area contributed by atoms with Gasteiger partial charge in [-0.05, 0) is 0 Å².